The number of nitrogens with zero attached hydrogens (tertiary/aromatic N) is 2. The Kier molecular flexibility index (Phi) is 8.31. The zero-order valence-corrected chi connectivity index (χ0v) is 33.5. The van der Waals surface area contributed by atoms with Crippen LogP contribution in [0.1, 0.15) is 17.7 Å². The molecule has 0 radical (unpaired) electrons. The van der Waals surface area contributed by atoms with Gasteiger partial charge in [-0.2, -0.15) is 0 Å². The summed E-state index contributed by atoms with van der Waals surface area (Å²) in [5.74, 6) is 0. The zero-order chi connectivity index (χ0) is 40.3. The Morgan fingerprint density at radius 2 is 1.08 bits per heavy atom. The third-order valence-electron chi connectivity index (χ3n) is 12.5. The van der Waals surface area contributed by atoms with Gasteiger partial charge in [0.05, 0.1) is 16.6 Å². The molecule has 9 aromatic carbocycles. The van der Waals surface area contributed by atoms with Gasteiger partial charge in [-0.3, -0.25) is 0 Å². The molecule has 3 heteroatoms. The predicted molar refractivity (Wildman–Crippen MR) is 256 cm³/mol. The molecule has 288 valence electrons. The Balaban J connectivity index is 1.01. The largest absolute Gasteiger partial charge is 0.456 e. The van der Waals surface area contributed by atoms with E-state index in [0.29, 0.717) is 0 Å². The summed E-state index contributed by atoms with van der Waals surface area (Å²) < 4.78 is 8.86. The molecule has 3 nitrogen and oxygen atoms in total. The van der Waals surface area contributed by atoms with Gasteiger partial charge >= 0.3 is 0 Å². The lowest BCUT2D eigenvalue weighted by atomic mass is 9.94. The Bertz CT molecular complexity index is 3460. The van der Waals surface area contributed by atoms with Crippen LogP contribution in [0, 0.1) is 0 Å². The van der Waals surface area contributed by atoms with Gasteiger partial charge in [-0.05, 0) is 129 Å². The van der Waals surface area contributed by atoms with E-state index in [1.165, 1.54) is 66.3 Å². The number of anilines is 3. The van der Waals surface area contributed by atoms with Crippen molar-refractivity contribution in [2.45, 2.75) is 12.8 Å². The van der Waals surface area contributed by atoms with Crippen LogP contribution in [0.15, 0.2) is 217 Å². The summed E-state index contributed by atoms with van der Waals surface area (Å²) >= 11 is 0. The molecule has 0 aliphatic heterocycles. The average molecular weight is 781 g/mol. The van der Waals surface area contributed by atoms with Crippen LogP contribution in [-0.2, 0) is 6.42 Å². The van der Waals surface area contributed by atoms with Crippen molar-refractivity contribution >= 4 is 66.8 Å². The smallest absolute Gasteiger partial charge is 0.137 e. The van der Waals surface area contributed by atoms with Crippen LogP contribution in [0.25, 0.3) is 88.8 Å². The highest BCUT2D eigenvalue weighted by Crippen LogP contribution is 2.44. The first-order chi connectivity index (χ1) is 30.3. The van der Waals surface area contributed by atoms with Gasteiger partial charge in [0.1, 0.15) is 11.2 Å². The van der Waals surface area contributed by atoms with E-state index in [0.717, 1.165) is 57.5 Å². The van der Waals surface area contributed by atoms with E-state index in [2.05, 4.69) is 222 Å². The lowest BCUT2D eigenvalue weighted by Crippen LogP contribution is -2.10. The molecule has 61 heavy (non-hydrogen) atoms. The SMILES string of the molecule is C1=Cc2c(c3c(-c4cccc(N(c5ccc(-c6ccccc6)cc5)c5ccc(-c6cccc7ccccc67)cc5)c4)cccc3n2-c2cccc3oc4ccccc4c23)CC1. The van der Waals surface area contributed by atoms with E-state index in [4.69, 9.17) is 4.42 Å². The maximum Gasteiger partial charge on any atom is 0.137 e. The summed E-state index contributed by atoms with van der Waals surface area (Å²) in [6.07, 6.45) is 6.64. The van der Waals surface area contributed by atoms with Crippen molar-refractivity contribution in [1.82, 2.24) is 4.57 Å². The van der Waals surface area contributed by atoms with Gasteiger partial charge < -0.3 is 13.9 Å². The van der Waals surface area contributed by atoms with Crippen LogP contribution in [0.2, 0.25) is 0 Å². The van der Waals surface area contributed by atoms with Crippen molar-refractivity contribution < 1.29 is 4.42 Å². The second kappa shape index (κ2) is 14.4. The molecule has 2 aromatic heterocycles. The van der Waals surface area contributed by atoms with E-state index in [-0.39, 0.29) is 0 Å². The molecule has 12 rings (SSSR count). The molecule has 0 saturated carbocycles. The number of furan rings is 1. The Labute approximate surface area is 354 Å². The number of aromatic nitrogens is 1. The van der Waals surface area contributed by atoms with Crippen molar-refractivity contribution in [3.8, 4) is 39.1 Å². The Morgan fingerprint density at radius 3 is 1.93 bits per heavy atom. The molecule has 1 aliphatic carbocycles. The number of benzene rings is 9. The van der Waals surface area contributed by atoms with Crippen LogP contribution in [0.3, 0.4) is 0 Å². The lowest BCUT2D eigenvalue weighted by Gasteiger charge is -2.26. The number of para-hydroxylation sites is 1. The van der Waals surface area contributed by atoms with Gasteiger partial charge in [0.15, 0.2) is 0 Å². The summed E-state index contributed by atoms with van der Waals surface area (Å²) in [5, 5.41) is 6.09. The molecule has 0 bridgehead atoms. The fourth-order valence-corrected chi connectivity index (χ4v) is 9.69. The van der Waals surface area contributed by atoms with E-state index in [1.807, 2.05) is 6.07 Å². The summed E-state index contributed by atoms with van der Waals surface area (Å²) in [4.78, 5) is 2.39. The van der Waals surface area contributed by atoms with Gasteiger partial charge in [0, 0.05) is 33.5 Å². The maximum absolute atomic E-state index is 6.39. The number of hydrogen-bond donors (Lipinski definition) is 0. The quantitative estimate of drug-likeness (QED) is 0.161. The highest BCUT2D eigenvalue weighted by Gasteiger charge is 2.24. The van der Waals surface area contributed by atoms with Crippen molar-refractivity contribution in [1.29, 1.82) is 0 Å². The minimum atomic E-state index is 0.903. The molecule has 0 atom stereocenters. The standard InChI is InChI=1S/C58H40N2O/c1-2-14-39(15-3-1)40-30-34-44(35-31-40)59(45-36-32-42(33-37-45)48-23-11-17-41-16-4-5-20-47(41)48)46-19-10-18-43(38-46)49-24-12-26-53-57(49)50-21-6-8-25-52(50)60(53)54-27-13-29-56-58(54)51-22-7-9-28-55(51)61-56/h1-5,7-20,22-38H,6,21H2. The van der Waals surface area contributed by atoms with Crippen LogP contribution in [-0.4, -0.2) is 4.57 Å². The highest BCUT2D eigenvalue weighted by molar-refractivity contribution is 6.11. The van der Waals surface area contributed by atoms with Crippen LogP contribution >= 0.6 is 0 Å². The molecular formula is C58H40N2O. The normalized spacial score (nSPS) is 12.4. The van der Waals surface area contributed by atoms with Crippen molar-refractivity contribution in [3.63, 3.8) is 0 Å². The van der Waals surface area contributed by atoms with Gasteiger partial charge in [-0.15, -0.1) is 0 Å². The summed E-state index contributed by atoms with van der Waals surface area (Å²) in [6.45, 7) is 0. The Morgan fingerprint density at radius 1 is 0.443 bits per heavy atom. The molecule has 0 fully saturated rings. The van der Waals surface area contributed by atoms with Crippen molar-refractivity contribution in [3.05, 3.63) is 224 Å². The van der Waals surface area contributed by atoms with Crippen molar-refractivity contribution in [2.75, 3.05) is 4.90 Å². The van der Waals surface area contributed by atoms with Gasteiger partial charge in [0.2, 0.25) is 0 Å². The fourth-order valence-electron chi connectivity index (χ4n) is 9.69. The fraction of sp³-hybridized carbons (Fsp3) is 0.0345. The third kappa shape index (κ3) is 5.89. The van der Waals surface area contributed by atoms with E-state index < -0.39 is 0 Å². The average Bonchev–Trinajstić information content (AvgIpc) is 3.89. The number of rotatable bonds is 7. The molecule has 0 spiro atoms. The first kappa shape index (κ1) is 35.1. The number of hydrogen-bond acceptors (Lipinski definition) is 2. The van der Waals surface area contributed by atoms with Gasteiger partial charge in [-0.25, -0.2) is 0 Å². The molecule has 0 N–H and O–H groups in total. The molecule has 0 amide bonds. The third-order valence-corrected chi connectivity index (χ3v) is 12.5. The minimum Gasteiger partial charge on any atom is -0.456 e. The molecule has 1 aliphatic rings. The lowest BCUT2D eigenvalue weighted by molar-refractivity contribution is 0.669. The first-order valence-corrected chi connectivity index (χ1v) is 21.1. The summed E-state index contributed by atoms with van der Waals surface area (Å²) in [6, 6.07) is 74.5. The van der Waals surface area contributed by atoms with E-state index in [1.54, 1.807) is 0 Å². The van der Waals surface area contributed by atoms with E-state index in [9.17, 15) is 0 Å². The zero-order valence-electron chi connectivity index (χ0n) is 33.5. The van der Waals surface area contributed by atoms with Crippen molar-refractivity contribution in [2.24, 2.45) is 0 Å². The topological polar surface area (TPSA) is 21.3 Å². The van der Waals surface area contributed by atoms with Crippen LogP contribution in [0.4, 0.5) is 17.1 Å². The molecule has 11 aromatic rings. The maximum atomic E-state index is 6.39. The summed E-state index contributed by atoms with van der Waals surface area (Å²) in [7, 11) is 0. The minimum absolute atomic E-state index is 0.903. The van der Waals surface area contributed by atoms with Gasteiger partial charge in [0.25, 0.3) is 0 Å². The number of allylic oxidation sites excluding steroid dienone is 1. The summed E-state index contributed by atoms with van der Waals surface area (Å²) in [5.41, 5.74) is 17.3. The Hall–Kier alpha value is -7.88. The monoisotopic (exact) mass is 780 g/mol. The molecule has 0 unspecified atom stereocenters. The first-order valence-electron chi connectivity index (χ1n) is 21.1. The van der Waals surface area contributed by atoms with Crippen LogP contribution < -0.4 is 4.90 Å². The second-order valence-corrected chi connectivity index (χ2v) is 16.0. The number of fused-ring (bicyclic) bond motifs is 7. The molecular weight excluding hydrogens is 741 g/mol. The molecule has 0 saturated heterocycles. The predicted octanol–water partition coefficient (Wildman–Crippen LogP) is 16.1. The second-order valence-electron chi connectivity index (χ2n) is 16.0. The number of aryl methyl sites for hydroxylation is 1. The van der Waals surface area contributed by atoms with Crippen LogP contribution in [0.5, 0.6) is 0 Å². The highest BCUT2D eigenvalue weighted by atomic mass is 16.3. The molecule has 2 heterocycles. The van der Waals surface area contributed by atoms with Gasteiger partial charge in [-0.1, -0.05) is 152 Å². The van der Waals surface area contributed by atoms with E-state index >= 15 is 0 Å².